The van der Waals surface area contributed by atoms with Crippen molar-refractivity contribution in [2.45, 2.75) is 0 Å². The van der Waals surface area contributed by atoms with Crippen LogP contribution in [0.5, 0.6) is 28.9 Å². The zero-order chi connectivity index (χ0) is 25.5. The van der Waals surface area contributed by atoms with Crippen LogP contribution in [0.15, 0.2) is 115 Å². The predicted octanol–water partition coefficient (Wildman–Crippen LogP) is 6.99. The number of hydrogen-bond acceptors (Lipinski definition) is 6. The highest BCUT2D eigenvalue weighted by Gasteiger charge is 2.10. The second-order valence-electron chi connectivity index (χ2n) is 7.94. The summed E-state index contributed by atoms with van der Waals surface area (Å²) in [5.74, 6) is 3.24. The second kappa shape index (κ2) is 11.0. The van der Waals surface area contributed by atoms with Crippen molar-refractivity contribution in [3.05, 3.63) is 121 Å². The Morgan fingerprint density at radius 2 is 1.38 bits per heavy atom. The number of carbonyl (C=O) groups excluding carboxylic acids is 1. The van der Waals surface area contributed by atoms with Gasteiger partial charge in [0.05, 0.1) is 7.11 Å². The molecule has 4 aromatic carbocycles. The fourth-order valence-corrected chi connectivity index (χ4v) is 3.56. The topological polar surface area (TPSA) is 82.6 Å². The van der Waals surface area contributed by atoms with Crippen molar-refractivity contribution in [2.75, 3.05) is 12.4 Å². The van der Waals surface area contributed by atoms with Crippen molar-refractivity contribution in [1.82, 2.24) is 9.97 Å². The van der Waals surface area contributed by atoms with Crippen molar-refractivity contribution in [3.63, 3.8) is 0 Å². The van der Waals surface area contributed by atoms with E-state index in [1.165, 1.54) is 0 Å². The van der Waals surface area contributed by atoms with Crippen LogP contribution in [0.3, 0.4) is 0 Å². The maximum Gasteiger partial charge on any atom is 0.255 e. The number of carbonyl (C=O) groups is 1. The van der Waals surface area contributed by atoms with Crippen LogP contribution in [0.4, 0.5) is 5.69 Å². The fourth-order valence-electron chi connectivity index (χ4n) is 3.56. The van der Waals surface area contributed by atoms with Gasteiger partial charge in [0.1, 0.15) is 11.5 Å². The van der Waals surface area contributed by atoms with E-state index in [1.807, 2.05) is 60.7 Å². The van der Waals surface area contributed by atoms with E-state index in [9.17, 15) is 4.79 Å². The Morgan fingerprint density at radius 3 is 2.11 bits per heavy atom. The van der Waals surface area contributed by atoms with E-state index in [-0.39, 0.29) is 5.91 Å². The molecule has 5 rings (SSSR count). The SMILES string of the molecule is COc1ccccc1Oc1ccnc(-c2ccc(C(=O)Nc3ccc(Oc4ccccc4)cc3)cc2)n1. The Balaban J connectivity index is 1.23. The maximum absolute atomic E-state index is 12.8. The lowest BCUT2D eigenvalue weighted by Gasteiger charge is -2.10. The van der Waals surface area contributed by atoms with Gasteiger partial charge in [0.25, 0.3) is 5.91 Å². The molecule has 0 aliphatic heterocycles. The number of para-hydroxylation sites is 3. The normalized spacial score (nSPS) is 10.4. The van der Waals surface area contributed by atoms with Crippen LogP contribution >= 0.6 is 0 Å². The third kappa shape index (κ3) is 5.91. The van der Waals surface area contributed by atoms with Gasteiger partial charge in [0.2, 0.25) is 5.88 Å². The number of anilines is 1. The smallest absolute Gasteiger partial charge is 0.255 e. The molecule has 0 atom stereocenters. The van der Waals surface area contributed by atoms with Crippen molar-refractivity contribution in [1.29, 1.82) is 0 Å². The van der Waals surface area contributed by atoms with Crippen LogP contribution in [0.25, 0.3) is 11.4 Å². The summed E-state index contributed by atoms with van der Waals surface area (Å²) in [7, 11) is 1.58. The molecule has 0 fully saturated rings. The van der Waals surface area contributed by atoms with Gasteiger partial charge < -0.3 is 19.5 Å². The Labute approximate surface area is 214 Å². The Kier molecular flexibility index (Phi) is 7.04. The summed E-state index contributed by atoms with van der Waals surface area (Å²) in [6, 6.07) is 32.8. The first-order valence-corrected chi connectivity index (χ1v) is 11.6. The van der Waals surface area contributed by atoms with Gasteiger partial charge in [-0.25, -0.2) is 4.98 Å². The van der Waals surface area contributed by atoms with E-state index in [1.54, 1.807) is 61.8 Å². The van der Waals surface area contributed by atoms with Crippen molar-refractivity contribution >= 4 is 11.6 Å². The summed E-state index contributed by atoms with van der Waals surface area (Å²) < 4.78 is 17.0. The number of nitrogens with one attached hydrogen (secondary N) is 1. The molecule has 0 saturated heterocycles. The third-order valence-electron chi connectivity index (χ3n) is 5.41. The second-order valence-corrected chi connectivity index (χ2v) is 7.94. The molecule has 1 heterocycles. The van der Waals surface area contributed by atoms with E-state index < -0.39 is 0 Å². The van der Waals surface area contributed by atoms with Gasteiger partial charge >= 0.3 is 0 Å². The molecule has 1 N–H and O–H groups in total. The van der Waals surface area contributed by atoms with Crippen molar-refractivity contribution < 1.29 is 19.0 Å². The van der Waals surface area contributed by atoms with Gasteiger partial charge in [0, 0.05) is 29.1 Å². The van der Waals surface area contributed by atoms with Crippen LogP contribution in [0.1, 0.15) is 10.4 Å². The Bertz CT molecular complexity index is 1490. The molecule has 1 amide bonds. The molecule has 0 saturated carbocycles. The number of amides is 1. The van der Waals surface area contributed by atoms with Gasteiger partial charge in [-0.2, -0.15) is 4.98 Å². The summed E-state index contributed by atoms with van der Waals surface area (Å²) in [5, 5.41) is 2.90. The van der Waals surface area contributed by atoms with E-state index >= 15 is 0 Å². The van der Waals surface area contributed by atoms with Crippen LogP contribution in [-0.4, -0.2) is 23.0 Å². The monoisotopic (exact) mass is 489 g/mol. The van der Waals surface area contributed by atoms with Crippen LogP contribution in [-0.2, 0) is 0 Å². The van der Waals surface area contributed by atoms with Crippen LogP contribution in [0, 0.1) is 0 Å². The first kappa shape index (κ1) is 23.6. The van der Waals surface area contributed by atoms with E-state index in [0.29, 0.717) is 40.2 Å². The van der Waals surface area contributed by atoms with Gasteiger partial charge in [-0.1, -0.05) is 42.5 Å². The highest BCUT2D eigenvalue weighted by Crippen LogP contribution is 2.30. The molecule has 0 unspecified atom stereocenters. The third-order valence-corrected chi connectivity index (χ3v) is 5.41. The molecular weight excluding hydrogens is 466 g/mol. The molecule has 5 aromatic rings. The molecule has 37 heavy (non-hydrogen) atoms. The Hall–Kier alpha value is -5.17. The average Bonchev–Trinajstić information content (AvgIpc) is 2.95. The fraction of sp³-hybridized carbons (Fsp3) is 0.0333. The molecule has 0 spiro atoms. The summed E-state index contributed by atoms with van der Waals surface area (Å²) >= 11 is 0. The molecule has 1 aromatic heterocycles. The van der Waals surface area contributed by atoms with Gasteiger partial charge in [0.15, 0.2) is 17.3 Å². The summed E-state index contributed by atoms with van der Waals surface area (Å²) in [4.78, 5) is 21.6. The zero-order valence-electron chi connectivity index (χ0n) is 20.0. The maximum atomic E-state index is 12.8. The first-order chi connectivity index (χ1) is 18.2. The number of nitrogens with zero attached hydrogens (tertiary/aromatic N) is 2. The van der Waals surface area contributed by atoms with Gasteiger partial charge in [-0.15, -0.1) is 0 Å². The molecular formula is C30H23N3O4. The first-order valence-electron chi connectivity index (χ1n) is 11.6. The quantitative estimate of drug-likeness (QED) is 0.253. The Morgan fingerprint density at radius 1 is 0.703 bits per heavy atom. The summed E-state index contributed by atoms with van der Waals surface area (Å²) in [6.07, 6.45) is 1.62. The number of aromatic nitrogens is 2. The molecule has 7 nitrogen and oxygen atoms in total. The number of benzene rings is 4. The number of methoxy groups -OCH3 is 1. The minimum atomic E-state index is -0.225. The minimum Gasteiger partial charge on any atom is -0.493 e. The average molecular weight is 490 g/mol. The van der Waals surface area contributed by atoms with Gasteiger partial charge in [-0.05, 0) is 60.7 Å². The van der Waals surface area contributed by atoms with E-state index in [0.717, 1.165) is 11.3 Å². The molecule has 182 valence electrons. The number of hydrogen-bond donors (Lipinski definition) is 1. The number of ether oxygens (including phenoxy) is 3. The van der Waals surface area contributed by atoms with Crippen molar-refractivity contribution in [3.8, 4) is 40.3 Å². The van der Waals surface area contributed by atoms with E-state index in [2.05, 4.69) is 15.3 Å². The molecule has 0 bridgehead atoms. The lowest BCUT2D eigenvalue weighted by molar-refractivity contribution is 0.102. The minimum absolute atomic E-state index is 0.225. The van der Waals surface area contributed by atoms with Crippen LogP contribution in [0.2, 0.25) is 0 Å². The molecule has 0 aliphatic rings. The molecule has 7 heteroatoms. The van der Waals surface area contributed by atoms with Gasteiger partial charge in [-0.3, -0.25) is 4.79 Å². The predicted molar refractivity (Wildman–Crippen MR) is 141 cm³/mol. The zero-order valence-corrected chi connectivity index (χ0v) is 20.0. The van der Waals surface area contributed by atoms with Crippen LogP contribution < -0.4 is 19.5 Å². The lowest BCUT2D eigenvalue weighted by atomic mass is 10.1. The molecule has 0 radical (unpaired) electrons. The summed E-state index contributed by atoms with van der Waals surface area (Å²) in [6.45, 7) is 0. The number of rotatable bonds is 8. The summed E-state index contributed by atoms with van der Waals surface area (Å²) in [5.41, 5.74) is 1.93. The lowest BCUT2D eigenvalue weighted by Crippen LogP contribution is -2.11. The van der Waals surface area contributed by atoms with E-state index in [4.69, 9.17) is 14.2 Å². The van der Waals surface area contributed by atoms with Crippen molar-refractivity contribution in [2.24, 2.45) is 0 Å². The highest BCUT2D eigenvalue weighted by molar-refractivity contribution is 6.04. The largest absolute Gasteiger partial charge is 0.493 e. The standard InChI is InChI=1S/C30H23N3O4/c1-35-26-9-5-6-10-27(26)37-28-19-20-31-29(33-28)21-11-13-22(14-12-21)30(34)32-23-15-17-25(18-16-23)36-24-7-3-2-4-8-24/h2-20H,1H3,(H,32,34). The molecule has 0 aliphatic carbocycles. The highest BCUT2D eigenvalue weighted by atomic mass is 16.5.